The summed E-state index contributed by atoms with van der Waals surface area (Å²) < 4.78 is 5.64. The van der Waals surface area contributed by atoms with Gasteiger partial charge in [-0.25, -0.2) is 0 Å². The van der Waals surface area contributed by atoms with Gasteiger partial charge in [0.2, 0.25) is 0 Å². The molecule has 0 atom stereocenters. The van der Waals surface area contributed by atoms with E-state index in [1.54, 1.807) is 0 Å². The van der Waals surface area contributed by atoms with Crippen LogP contribution in [0.15, 0.2) is 30.4 Å². The largest absolute Gasteiger partial charge is 0.489 e. The average molecular weight is 240 g/mol. The molecule has 0 aliphatic carbocycles. The van der Waals surface area contributed by atoms with Crippen LogP contribution < -0.4 is 10.1 Å². The smallest absolute Gasteiger partial charge is 0.124 e. The molecule has 0 saturated carbocycles. The lowest BCUT2D eigenvalue weighted by Gasteiger charge is -2.10. The molecule has 0 fully saturated rings. The van der Waals surface area contributed by atoms with Gasteiger partial charge < -0.3 is 10.1 Å². The number of halogens is 1. The zero-order chi connectivity index (χ0) is 11.8. The minimum absolute atomic E-state index is 0.595. The zero-order valence-corrected chi connectivity index (χ0v) is 10.6. The summed E-state index contributed by atoms with van der Waals surface area (Å²) in [6.07, 6.45) is 3.95. The van der Waals surface area contributed by atoms with Crippen molar-refractivity contribution in [2.45, 2.75) is 20.4 Å². The minimum atomic E-state index is 0.595. The van der Waals surface area contributed by atoms with Crippen molar-refractivity contribution >= 4 is 11.6 Å². The normalized spacial score (nSPS) is 10.9. The van der Waals surface area contributed by atoms with Crippen molar-refractivity contribution < 1.29 is 4.74 Å². The van der Waals surface area contributed by atoms with Gasteiger partial charge in [0.1, 0.15) is 12.4 Å². The Balaban J connectivity index is 2.72. The van der Waals surface area contributed by atoms with Crippen LogP contribution in [0.2, 0.25) is 5.02 Å². The molecular formula is C13H18ClNO. The van der Waals surface area contributed by atoms with E-state index < -0.39 is 0 Å². The minimum Gasteiger partial charge on any atom is -0.489 e. The van der Waals surface area contributed by atoms with Gasteiger partial charge in [-0.15, -0.1) is 0 Å². The van der Waals surface area contributed by atoms with Gasteiger partial charge >= 0.3 is 0 Å². The van der Waals surface area contributed by atoms with Gasteiger partial charge in [-0.1, -0.05) is 30.7 Å². The van der Waals surface area contributed by atoms with Crippen LogP contribution in [-0.2, 0) is 6.54 Å². The Bertz CT molecular complexity index is 350. The fourth-order valence-electron chi connectivity index (χ4n) is 1.32. The summed E-state index contributed by atoms with van der Waals surface area (Å²) in [5, 5.41) is 4.01. The third-order valence-corrected chi connectivity index (χ3v) is 2.39. The lowest BCUT2D eigenvalue weighted by molar-refractivity contribution is 0.357. The van der Waals surface area contributed by atoms with Gasteiger partial charge in [-0.05, 0) is 31.7 Å². The highest BCUT2D eigenvalue weighted by molar-refractivity contribution is 6.30. The van der Waals surface area contributed by atoms with E-state index in [-0.39, 0.29) is 0 Å². The van der Waals surface area contributed by atoms with Crippen LogP contribution in [0.4, 0.5) is 0 Å². The number of benzene rings is 1. The SMILES string of the molecule is C/C=C/COc1ccc(Cl)cc1CNCC. The molecule has 3 heteroatoms. The Labute approximate surface area is 102 Å². The maximum Gasteiger partial charge on any atom is 0.124 e. The van der Waals surface area contributed by atoms with Gasteiger partial charge in [0.15, 0.2) is 0 Å². The molecule has 0 amide bonds. The van der Waals surface area contributed by atoms with Crippen LogP contribution in [0.3, 0.4) is 0 Å². The Morgan fingerprint density at radius 1 is 1.44 bits per heavy atom. The molecule has 0 aromatic heterocycles. The summed E-state index contributed by atoms with van der Waals surface area (Å²) in [6, 6.07) is 5.70. The summed E-state index contributed by atoms with van der Waals surface area (Å²) in [5.41, 5.74) is 1.10. The Morgan fingerprint density at radius 2 is 2.25 bits per heavy atom. The summed E-state index contributed by atoms with van der Waals surface area (Å²) in [5.74, 6) is 0.892. The number of hydrogen-bond donors (Lipinski definition) is 1. The van der Waals surface area contributed by atoms with Gasteiger partial charge in [0.25, 0.3) is 0 Å². The third kappa shape index (κ3) is 4.25. The first-order chi connectivity index (χ1) is 7.77. The first kappa shape index (κ1) is 13.1. The topological polar surface area (TPSA) is 21.3 Å². The van der Waals surface area contributed by atoms with Crippen molar-refractivity contribution in [1.82, 2.24) is 5.32 Å². The highest BCUT2D eigenvalue weighted by atomic mass is 35.5. The molecule has 2 nitrogen and oxygen atoms in total. The maximum atomic E-state index is 5.96. The van der Waals surface area contributed by atoms with E-state index in [4.69, 9.17) is 16.3 Å². The predicted molar refractivity (Wildman–Crippen MR) is 69.1 cm³/mol. The number of ether oxygens (including phenoxy) is 1. The van der Waals surface area contributed by atoms with Crippen molar-refractivity contribution in [3.05, 3.63) is 40.9 Å². The molecule has 1 N–H and O–H groups in total. The summed E-state index contributed by atoms with van der Waals surface area (Å²) in [7, 11) is 0. The van der Waals surface area contributed by atoms with E-state index >= 15 is 0 Å². The van der Waals surface area contributed by atoms with Gasteiger partial charge in [0.05, 0.1) is 0 Å². The van der Waals surface area contributed by atoms with E-state index in [2.05, 4.69) is 12.2 Å². The molecule has 0 aliphatic rings. The van der Waals surface area contributed by atoms with Crippen molar-refractivity contribution in [3.63, 3.8) is 0 Å². The monoisotopic (exact) mass is 239 g/mol. The Hall–Kier alpha value is -0.990. The van der Waals surface area contributed by atoms with Crippen LogP contribution in [0.1, 0.15) is 19.4 Å². The first-order valence-electron chi connectivity index (χ1n) is 5.51. The summed E-state index contributed by atoms with van der Waals surface area (Å²) >= 11 is 5.96. The summed E-state index contributed by atoms with van der Waals surface area (Å²) in [4.78, 5) is 0. The lowest BCUT2D eigenvalue weighted by Crippen LogP contribution is -2.13. The molecule has 0 heterocycles. The molecule has 0 bridgehead atoms. The summed E-state index contributed by atoms with van der Waals surface area (Å²) in [6.45, 7) is 6.36. The average Bonchev–Trinajstić information content (AvgIpc) is 2.29. The molecule has 16 heavy (non-hydrogen) atoms. The van der Waals surface area contributed by atoms with Gasteiger partial charge in [-0.2, -0.15) is 0 Å². The Kier molecular flexibility index (Phi) is 5.98. The fraction of sp³-hybridized carbons (Fsp3) is 0.385. The zero-order valence-electron chi connectivity index (χ0n) is 9.79. The molecule has 0 radical (unpaired) electrons. The van der Waals surface area contributed by atoms with Crippen LogP contribution in [0.25, 0.3) is 0 Å². The van der Waals surface area contributed by atoms with Crippen molar-refractivity contribution in [2.24, 2.45) is 0 Å². The van der Waals surface area contributed by atoms with E-state index in [9.17, 15) is 0 Å². The van der Waals surface area contributed by atoms with E-state index in [0.29, 0.717) is 6.61 Å². The number of hydrogen-bond acceptors (Lipinski definition) is 2. The highest BCUT2D eigenvalue weighted by Crippen LogP contribution is 2.22. The second kappa shape index (κ2) is 7.31. The second-order valence-electron chi connectivity index (χ2n) is 3.41. The highest BCUT2D eigenvalue weighted by Gasteiger charge is 2.03. The first-order valence-corrected chi connectivity index (χ1v) is 5.88. The predicted octanol–water partition coefficient (Wildman–Crippen LogP) is 3.40. The van der Waals surface area contributed by atoms with Crippen molar-refractivity contribution in [1.29, 1.82) is 0 Å². The molecule has 1 aromatic rings. The molecule has 0 saturated heterocycles. The van der Waals surface area contributed by atoms with Gasteiger partial charge in [0, 0.05) is 17.1 Å². The maximum absolute atomic E-state index is 5.96. The fourth-order valence-corrected chi connectivity index (χ4v) is 1.52. The van der Waals surface area contributed by atoms with E-state index in [1.165, 1.54) is 0 Å². The van der Waals surface area contributed by atoms with Crippen LogP contribution >= 0.6 is 11.6 Å². The van der Waals surface area contributed by atoms with Crippen LogP contribution in [-0.4, -0.2) is 13.2 Å². The molecule has 0 unspecified atom stereocenters. The van der Waals surface area contributed by atoms with Crippen LogP contribution in [0, 0.1) is 0 Å². The number of allylic oxidation sites excluding steroid dienone is 1. The van der Waals surface area contributed by atoms with E-state index in [1.807, 2.05) is 37.3 Å². The van der Waals surface area contributed by atoms with Crippen molar-refractivity contribution in [2.75, 3.05) is 13.2 Å². The third-order valence-electron chi connectivity index (χ3n) is 2.16. The molecule has 0 aliphatic heterocycles. The van der Waals surface area contributed by atoms with Crippen molar-refractivity contribution in [3.8, 4) is 5.75 Å². The lowest BCUT2D eigenvalue weighted by atomic mass is 10.2. The molecule has 0 spiro atoms. The molecule has 88 valence electrons. The molecular weight excluding hydrogens is 222 g/mol. The number of nitrogens with one attached hydrogen (secondary N) is 1. The number of rotatable bonds is 6. The quantitative estimate of drug-likeness (QED) is 0.769. The van der Waals surface area contributed by atoms with Gasteiger partial charge in [-0.3, -0.25) is 0 Å². The molecule has 1 aromatic carbocycles. The molecule has 1 rings (SSSR count). The Morgan fingerprint density at radius 3 is 2.94 bits per heavy atom. The second-order valence-corrected chi connectivity index (χ2v) is 3.85. The standard InChI is InChI=1S/C13H18ClNO/c1-3-5-8-16-13-7-6-12(14)9-11(13)10-15-4-2/h3,5-7,9,15H,4,8,10H2,1-2H3/b5-3+. The van der Waals surface area contributed by atoms with Crippen LogP contribution in [0.5, 0.6) is 5.75 Å². The van der Waals surface area contributed by atoms with E-state index in [0.717, 1.165) is 29.4 Å².